The first kappa shape index (κ1) is 12.7. The maximum atomic E-state index is 12.2. The number of amides is 2. The van der Waals surface area contributed by atoms with Crippen molar-refractivity contribution in [3.05, 3.63) is 41.1 Å². The summed E-state index contributed by atoms with van der Waals surface area (Å²) in [6, 6.07) is 3.62. The molecule has 0 N–H and O–H groups in total. The molecule has 1 fully saturated rings. The van der Waals surface area contributed by atoms with Gasteiger partial charge in [-0.25, -0.2) is 4.98 Å². The third kappa shape index (κ3) is 2.39. The molecule has 0 unspecified atom stereocenters. The van der Waals surface area contributed by atoms with Gasteiger partial charge < -0.3 is 9.80 Å². The van der Waals surface area contributed by atoms with Gasteiger partial charge in [-0.05, 0) is 12.1 Å². The van der Waals surface area contributed by atoms with Gasteiger partial charge in [-0.15, -0.1) is 11.3 Å². The molecular weight excluding hydrogens is 276 g/mol. The number of anilines is 1. The predicted molar refractivity (Wildman–Crippen MR) is 74.6 cm³/mol. The second-order valence-electron chi connectivity index (χ2n) is 4.36. The van der Waals surface area contributed by atoms with E-state index in [-0.39, 0.29) is 18.4 Å². The predicted octanol–water partition coefficient (Wildman–Crippen LogP) is 1.03. The average Bonchev–Trinajstić information content (AvgIpc) is 3.01. The summed E-state index contributed by atoms with van der Waals surface area (Å²) in [6.45, 7) is 1.04. The first-order chi connectivity index (χ1) is 9.75. The summed E-state index contributed by atoms with van der Waals surface area (Å²) in [5, 5.41) is 1.69. The molecule has 1 aliphatic heterocycles. The van der Waals surface area contributed by atoms with Crippen LogP contribution in [0.2, 0.25) is 0 Å². The Bertz CT molecular complexity index is 615. The lowest BCUT2D eigenvalue weighted by Gasteiger charge is -2.33. The molecule has 1 aliphatic rings. The smallest absolute Gasteiger partial charge is 0.273 e. The Morgan fingerprint density at radius 1 is 1.35 bits per heavy atom. The molecule has 0 aliphatic carbocycles. The van der Waals surface area contributed by atoms with Crippen LogP contribution in [0.1, 0.15) is 10.5 Å². The average molecular weight is 288 g/mol. The molecule has 0 bridgehead atoms. The van der Waals surface area contributed by atoms with Gasteiger partial charge in [0.25, 0.3) is 5.91 Å². The summed E-state index contributed by atoms with van der Waals surface area (Å²) >= 11 is 1.37. The molecule has 3 heterocycles. The number of piperazine rings is 1. The lowest BCUT2D eigenvalue weighted by molar-refractivity contribution is -0.120. The topological polar surface area (TPSA) is 66.4 Å². The van der Waals surface area contributed by atoms with Gasteiger partial charge >= 0.3 is 0 Å². The second kappa shape index (κ2) is 5.38. The quantitative estimate of drug-likeness (QED) is 0.827. The molecule has 0 radical (unpaired) electrons. The van der Waals surface area contributed by atoms with Crippen LogP contribution in [0.4, 0.5) is 5.69 Å². The lowest BCUT2D eigenvalue weighted by Crippen LogP contribution is -2.52. The lowest BCUT2D eigenvalue weighted by atomic mass is 10.2. The SMILES string of the molecule is O=C(c1cscn1)N1CCN(c2cccnc2)C(=O)C1. The van der Waals surface area contributed by atoms with Gasteiger partial charge in [0.15, 0.2) is 0 Å². The minimum absolute atomic E-state index is 0.0747. The fourth-order valence-electron chi connectivity index (χ4n) is 2.11. The van der Waals surface area contributed by atoms with Crippen LogP contribution in [-0.2, 0) is 4.79 Å². The molecule has 0 aromatic carbocycles. The van der Waals surface area contributed by atoms with Crippen molar-refractivity contribution in [2.75, 3.05) is 24.5 Å². The highest BCUT2D eigenvalue weighted by molar-refractivity contribution is 7.07. The summed E-state index contributed by atoms with van der Waals surface area (Å²) in [4.78, 5) is 35.5. The number of thiazole rings is 1. The van der Waals surface area contributed by atoms with Gasteiger partial charge in [0.05, 0.1) is 17.4 Å². The number of carbonyl (C=O) groups is 2. The summed E-state index contributed by atoms with van der Waals surface area (Å²) in [6.07, 6.45) is 3.31. The fraction of sp³-hybridized carbons (Fsp3) is 0.231. The van der Waals surface area contributed by atoms with E-state index < -0.39 is 0 Å². The Morgan fingerprint density at radius 2 is 2.25 bits per heavy atom. The zero-order chi connectivity index (χ0) is 13.9. The van der Waals surface area contributed by atoms with Gasteiger partial charge in [0, 0.05) is 24.7 Å². The highest BCUT2D eigenvalue weighted by Crippen LogP contribution is 2.16. The van der Waals surface area contributed by atoms with Gasteiger partial charge in [0.1, 0.15) is 12.2 Å². The van der Waals surface area contributed by atoms with Crippen LogP contribution < -0.4 is 4.90 Å². The largest absolute Gasteiger partial charge is 0.326 e. The third-order valence-electron chi connectivity index (χ3n) is 3.12. The molecule has 0 saturated carbocycles. The minimum Gasteiger partial charge on any atom is -0.326 e. The number of hydrogen-bond donors (Lipinski definition) is 0. The Labute approximate surface area is 119 Å². The highest BCUT2D eigenvalue weighted by atomic mass is 32.1. The maximum Gasteiger partial charge on any atom is 0.273 e. The number of carbonyl (C=O) groups excluding carboxylic acids is 2. The summed E-state index contributed by atoms with van der Waals surface area (Å²) in [7, 11) is 0. The van der Waals surface area contributed by atoms with E-state index in [2.05, 4.69) is 9.97 Å². The summed E-state index contributed by atoms with van der Waals surface area (Å²) < 4.78 is 0. The number of aromatic nitrogens is 2. The Morgan fingerprint density at radius 3 is 2.90 bits per heavy atom. The van der Waals surface area contributed by atoms with E-state index in [0.29, 0.717) is 18.8 Å². The zero-order valence-electron chi connectivity index (χ0n) is 10.6. The molecule has 1 saturated heterocycles. The van der Waals surface area contributed by atoms with Crippen molar-refractivity contribution in [2.45, 2.75) is 0 Å². The highest BCUT2D eigenvalue weighted by Gasteiger charge is 2.29. The third-order valence-corrected chi connectivity index (χ3v) is 3.70. The van der Waals surface area contributed by atoms with Gasteiger partial charge in [-0.2, -0.15) is 0 Å². The molecular formula is C13H12N4O2S. The molecule has 6 nitrogen and oxygen atoms in total. The molecule has 3 rings (SSSR count). The fourth-order valence-corrected chi connectivity index (χ4v) is 2.64. The standard InChI is InChI=1S/C13H12N4O2S/c18-12-7-16(13(19)11-8-20-9-15-11)4-5-17(12)10-2-1-3-14-6-10/h1-3,6,8-9H,4-5,7H2. The molecule has 2 amide bonds. The van der Waals surface area contributed by atoms with Crippen molar-refractivity contribution in [3.8, 4) is 0 Å². The van der Waals surface area contributed by atoms with Crippen molar-refractivity contribution in [1.82, 2.24) is 14.9 Å². The Kier molecular flexibility index (Phi) is 3.42. The minimum atomic E-state index is -0.189. The van der Waals surface area contributed by atoms with Crippen LogP contribution in [-0.4, -0.2) is 46.3 Å². The molecule has 0 atom stereocenters. The van der Waals surface area contributed by atoms with Crippen LogP contribution in [0.25, 0.3) is 0 Å². The van der Waals surface area contributed by atoms with Crippen molar-refractivity contribution >= 4 is 28.8 Å². The number of rotatable bonds is 2. The molecule has 0 spiro atoms. The molecule has 2 aromatic rings. The Balaban J connectivity index is 1.71. The van der Waals surface area contributed by atoms with E-state index >= 15 is 0 Å². The van der Waals surface area contributed by atoms with Crippen LogP contribution in [0.3, 0.4) is 0 Å². The maximum absolute atomic E-state index is 12.2. The molecule has 20 heavy (non-hydrogen) atoms. The van der Waals surface area contributed by atoms with Crippen molar-refractivity contribution in [2.24, 2.45) is 0 Å². The van der Waals surface area contributed by atoms with E-state index in [4.69, 9.17) is 0 Å². The van der Waals surface area contributed by atoms with Crippen LogP contribution in [0, 0.1) is 0 Å². The molecule has 7 heteroatoms. The first-order valence-corrected chi connectivity index (χ1v) is 7.08. The van der Waals surface area contributed by atoms with E-state index in [1.807, 2.05) is 6.07 Å². The van der Waals surface area contributed by atoms with E-state index in [0.717, 1.165) is 5.69 Å². The second-order valence-corrected chi connectivity index (χ2v) is 5.08. The first-order valence-electron chi connectivity index (χ1n) is 6.13. The number of nitrogens with zero attached hydrogens (tertiary/aromatic N) is 4. The number of pyridine rings is 1. The van der Waals surface area contributed by atoms with E-state index in [9.17, 15) is 9.59 Å². The van der Waals surface area contributed by atoms with E-state index in [1.54, 1.807) is 34.3 Å². The molecule has 102 valence electrons. The normalized spacial score (nSPS) is 15.5. The van der Waals surface area contributed by atoms with E-state index in [1.165, 1.54) is 16.2 Å². The van der Waals surface area contributed by atoms with Crippen molar-refractivity contribution < 1.29 is 9.59 Å². The number of hydrogen-bond acceptors (Lipinski definition) is 5. The van der Waals surface area contributed by atoms with Crippen LogP contribution in [0.15, 0.2) is 35.4 Å². The monoisotopic (exact) mass is 288 g/mol. The van der Waals surface area contributed by atoms with Crippen molar-refractivity contribution in [1.29, 1.82) is 0 Å². The van der Waals surface area contributed by atoms with Gasteiger partial charge in [-0.3, -0.25) is 14.6 Å². The van der Waals surface area contributed by atoms with Crippen molar-refractivity contribution in [3.63, 3.8) is 0 Å². The van der Waals surface area contributed by atoms with Crippen LogP contribution in [0.5, 0.6) is 0 Å². The molecule has 2 aromatic heterocycles. The zero-order valence-corrected chi connectivity index (χ0v) is 11.4. The Hall–Kier alpha value is -2.28. The van der Waals surface area contributed by atoms with Crippen LogP contribution >= 0.6 is 11.3 Å². The van der Waals surface area contributed by atoms with Gasteiger partial charge in [-0.1, -0.05) is 0 Å². The van der Waals surface area contributed by atoms with Gasteiger partial charge in [0.2, 0.25) is 5.91 Å². The summed E-state index contributed by atoms with van der Waals surface area (Å²) in [5.41, 5.74) is 2.77. The summed E-state index contributed by atoms with van der Waals surface area (Å²) in [5.74, 6) is -0.293.